The van der Waals surface area contributed by atoms with E-state index in [1.165, 1.54) is 0 Å². The maximum atomic E-state index is 8.80. The lowest BCUT2D eigenvalue weighted by atomic mass is 9.94. The molecule has 0 aromatic heterocycles. The second-order valence-corrected chi connectivity index (χ2v) is 4.39. The second-order valence-electron chi connectivity index (χ2n) is 3.99. The monoisotopic (exact) mass is 237 g/mol. The van der Waals surface area contributed by atoms with Crippen LogP contribution in [-0.4, -0.2) is 6.79 Å². The first-order valence-electron chi connectivity index (χ1n) is 5.13. The zero-order valence-corrected chi connectivity index (χ0v) is 9.97. The van der Waals surface area contributed by atoms with Gasteiger partial charge in [-0.3, -0.25) is 0 Å². The fraction of sp³-hybridized carbons (Fsp3) is 0.417. The minimum absolute atomic E-state index is 0.199. The van der Waals surface area contributed by atoms with Gasteiger partial charge in [0.15, 0.2) is 11.5 Å². The summed E-state index contributed by atoms with van der Waals surface area (Å²) in [6, 6.07) is 3.94. The predicted octanol–water partition coefficient (Wildman–Crippen LogP) is 3.26. The van der Waals surface area contributed by atoms with Crippen molar-refractivity contribution in [2.75, 3.05) is 6.79 Å². The summed E-state index contributed by atoms with van der Waals surface area (Å²) < 4.78 is 10.8. The largest absolute Gasteiger partial charge is 0.453 e. The Morgan fingerprint density at radius 3 is 2.75 bits per heavy atom. The Bertz CT molecular complexity index is 463. The van der Waals surface area contributed by atoms with Gasteiger partial charge in [0.2, 0.25) is 6.79 Å². The fourth-order valence-electron chi connectivity index (χ4n) is 1.96. The van der Waals surface area contributed by atoms with Crippen molar-refractivity contribution in [2.24, 2.45) is 0 Å². The third-order valence-electron chi connectivity index (χ3n) is 2.57. The van der Waals surface area contributed by atoms with E-state index in [1.807, 2.05) is 0 Å². The lowest BCUT2D eigenvalue weighted by molar-refractivity contribution is 0.173. The van der Waals surface area contributed by atoms with Crippen LogP contribution < -0.4 is 9.47 Å². The minimum atomic E-state index is 0.199. The van der Waals surface area contributed by atoms with Crippen molar-refractivity contribution in [3.8, 4) is 17.6 Å². The van der Waals surface area contributed by atoms with Gasteiger partial charge in [0.1, 0.15) is 0 Å². The SMILES string of the molecule is CC(C)c1c(CC#N)cc(Cl)c2c1OCO2. The zero-order valence-electron chi connectivity index (χ0n) is 9.21. The van der Waals surface area contributed by atoms with E-state index in [4.69, 9.17) is 26.3 Å². The summed E-state index contributed by atoms with van der Waals surface area (Å²) >= 11 is 6.07. The maximum absolute atomic E-state index is 8.80. The third kappa shape index (κ3) is 1.70. The van der Waals surface area contributed by atoms with E-state index in [0.717, 1.165) is 11.1 Å². The number of ether oxygens (including phenoxy) is 2. The molecule has 0 saturated heterocycles. The smallest absolute Gasteiger partial charge is 0.231 e. The van der Waals surface area contributed by atoms with Crippen molar-refractivity contribution in [1.29, 1.82) is 5.26 Å². The molecule has 0 atom stereocenters. The van der Waals surface area contributed by atoms with Gasteiger partial charge in [-0.2, -0.15) is 5.26 Å². The molecule has 3 nitrogen and oxygen atoms in total. The molecule has 16 heavy (non-hydrogen) atoms. The first kappa shape index (κ1) is 11.1. The molecule has 1 aromatic carbocycles. The number of benzene rings is 1. The van der Waals surface area contributed by atoms with Gasteiger partial charge in [-0.05, 0) is 17.5 Å². The Balaban J connectivity index is 2.63. The van der Waals surface area contributed by atoms with Crippen molar-refractivity contribution < 1.29 is 9.47 Å². The predicted molar refractivity (Wildman–Crippen MR) is 61.0 cm³/mol. The first-order chi connectivity index (χ1) is 7.65. The average molecular weight is 238 g/mol. The lowest BCUT2D eigenvalue weighted by Gasteiger charge is -2.14. The molecule has 4 heteroatoms. The normalized spacial score (nSPS) is 12.9. The molecule has 1 aromatic rings. The Labute approximate surface area is 99.5 Å². The highest BCUT2D eigenvalue weighted by Crippen LogP contribution is 2.46. The molecule has 0 amide bonds. The van der Waals surface area contributed by atoms with E-state index in [1.54, 1.807) is 6.07 Å². The molecule has 84 valence electrons. The van der Waals surface area contributed by atoms with E-state index in [9.17, 15) is 0 Å². The molecule has 0 radical (unpaired) electrons. The minimum Gasteiger partial charge on any atom is -0.453 e. The van der Waals surface area contributed by atoms with Gasteiger partial charge in [0, 0.05) is 5.56 Å². The van der Waals surface area contributed by atoms with E-state index in [-0.39, 0.29) is 12.7 Å². The van der Waals surface area contributed by atoms with E-state index >= 15 is 0 Å². The Morgan fingerprint density at radius 1 is 1.44 bits per heavy atom. The van der Waals surface area contributed by atoms with Crippen molar-refractivity contribution in [3.63, 3.8) is 0 Å². The van der Waals surface area contributed by atoms with Crippen LogP contribution in [0.1, 0.15) is 30.9 Å². The Morgan fingerprint density at radius 2 is 2.12 bits per heavy atom. The highest BCUT2D eigenvalue weighted by atomic mass is 35.5. The number of halogens is 1. The van der Waals surface area contributed by atoms with Crippen LogP contribution in [0.15, 0.2) is 6.07 Å². The summed E-state index contributed by atoms with van der Waals surface area (Å²) in [5.41, 5.74) is 1.95. The van der Waals surface area contributed by atoms with Gasteiger partial charge in [-0.15, -0.1) is 0 Å². The highest BCUT2D eigenvalue weighted by Gasteiger charge is 2.25. The topological polar surface area (TPSA) is 42.2 Å². The van der Waals surface area contributed by atoms with Crippen LogP contribution in [-0.2, 0) is 6.42 Å². The highest BCUT2D eigenvalue weighted by molar-refractivity contribution is 6.32. The molecule has 0 aliphatic carbocycles. The summed E-state index contributed by atoms with van der Waals surface area (Å²) in [6.45, 7) is 4.32. The second kappa shape index (κ2) is 4.23. The Kier molecular flexibility index (Phi) is 2.93. The van der Waals surface area contributed by atoms with E-state index in [2.05, 4.69) is 19.9 Å². The number of hydrogen-bond donors (Lipinski definition) is 0. The van der Waals surface area contributed by atoms with E-state index < -0.39 is 0 Å². The fourth-order valence-corrected chi connectivity index (χ4v) is 2.23. The van der Waals surface area contributed by atoms with Crippen LogP contribution in [0.2, 0.25) is 5.02 Å². The summed E-state index contributed by atoms with van der Waals surface area (Å²) in [4.78, 5) is 0. The molecule has 0 bridgehead atoms. The van der Waals surface area contributed by atoms with Crippen LogP contribution in [0.4, 0.5) is 0 Å². The van der Waals surface area contributed by atoms with Crippen LogP contribution in [0, 0.1) is 11.3 Å². The summed E-state index contributed by atoms with van der Waals surface area (Å²) in [6.07, 6.45) is 0.337. The van der Waals surface area contributed by atoms with Gasteiger partial charge in [-0.1, -0.05) is 25.4 Å². The molecular weight excluding hydrogens is 226 g/mol. The van der Waals surface area contributed by atoms with Gasteiger partial charge in [-0.25, -0.2) is 0 Å². The third-order valence-corrected chi connectivity index (χ3v) is 2.85. The Hall–Kier alpha value is -1.40. The van der Waals surface area contributed by atoms with Crippen LogP contribution in [0.25, 0.3) is 0 Å². The van der Waals surface area contributed by atoms with Crippen molar-refractivity contribution >= 4 is 11.6 Å². The number of nitrogens with zero attached hydrogens (tertiary/aromatic N) is 1. The molecule has 0 N–H and O–H groups in total. The standard InChI is InChI=1S/C12H12ClNO2/c1-7(2)10-8(3-4-14)5-9(13)11-12(10)16-6-15-11/h5,7H,3,6H2,1-2H3. The molecular formula is C12H12ClNO2. The van der Waals surface area contributed by atoms with E-state index in [0.29, 0.717) is 22.9 Å². The molecule has 0 spiro atoms. The molecule has 0 unspecified atom stereocenters. The molecule has 0 fully saturated rings. The van der Waals surface area contributed by atoms with Crippen molar-refractivity contribution in [1.82, 2.24) is 0 Å². The van der Waals surface area contributed by atoms with Crippen LogP contribution >= 0.6 is 11.6 Å². The lowest BCUT2D eigenvalue weighted by Crippen LogP contribution is -1.99. The summed E-state index contributed by atoms with van der Waals surface area (Å²) in [5.74, 6) is 1.58. The molecule has 0 saturated carbocycles. The molecule has 1 aliphatic heterocycles. The number of hydrogen-bond acceptors (Lipinski definition) is 3. The molecule has 1 aliphatic rings. The first-order valence-corrected chi connectivity index (χ1v) is 5.50. The molecule has 1 heterocycles. The summed E-state index contributed by atoms with van der Waals surface area (Å²) in [7, 11) is 0. The maximum Gasteiger partial charge on any atom is 0.231 e. The van der Waals surface area contributed by atoms with Gasteiger partial charge in [0.25, 0.3) is 0 Å². The van der Waals surface area contributed by atoms with Gasteiger partial charge in [0.05, 0.1) is 17.5 Å². The quantitative estimate of drug-likeness (QED) is 0.793. The van der Waals surface area contributed by atoms with Crippen molar-refractivity contribution in [3.05, 3.63) is 22.2 Å². The zero-order chi connectivity index (χ0) is 11.7. The summed E-state index contributed by atoms with van der Waals surface area (Å²) in [5, 5.41) is 9.32. The van der Waals surface area contributed by atoms with Crippen LogP contribution in [0.3, 0.4) is 0 Å². The average Bonchev–Trinajstić information content (AvgIpc) is 2.66. The van der Waals surface area contributed by atoms with Gasteiger partial charge < -0.3 is 9.47 Å². The molecule has 2 rings (SSSR count). The van der Waals surface area contributed by atoms with Crippen molar-refractivity contribution in [2.45, 2.75) is 26.2 Å². The number of nitriles is 1. The number of fused-ring (bicyclic) bond motifs is 1. The number of rotatable bonds is 2. The van der Waals surface area contributed by atoms with Gasteiger partial charge >= 0.3 is 0 Å². The van der Waals surface area contributed by atoms with Crippen LogP contribution in [0.5, 0.6) is 11.5 Å².